The monoisotopic (exact) mass is 297 g/mol. The van der Waals surface area contributed by atoms with E-state index in [2.05, 4.69) is 45.2 Å². The summed E-state index contributed by atoms with van der Waals surface area (Å²) in [5.74, 6) is 1.04. The maximum atomic E-state index is 5.97. The van der Waals surface area contributed by atoms with Gasteiger partial charge in [0.05, 0.1) is 24.5 Å². The lowest BCUT2D eigenvalue weighted by atomic mass is 10.1. The number of nitrogens with zero attached hydrogens (tertiary/aromatic N) is 2. The maximum absolute atomic E-state index is 5.97. The van der Waals surface area contributed by atoms with Crippen molar-refractivity contribution in [3.8, 4) is 11.3 Å². The number of hydrogen-bond donors (Lipinski definition) is 1. The van der Waals surface area contributed by atoms with Gasteiger partial charge in [0.1, 0.15) is 12.4 Å². The normalized spacial score (nSPS) is 21.9. The van der Waals surface area contributed by atoms with Crippen LogP contribution in [0.3, 0.4) is 0 Å². The first-order valence-corrected chi connectivity index (χ1v) is 8.35. The minimum absolute atomic E-state index is 0.241. The highest BCUT2D eigenvalue weighted by atomic mass is 16.5. The summed E-state index contributed by atoms with van der Waals surface area (Å²) in [5.41, 5.74) is 2.43. The van der Waals surface area contributed by atoms with E-state index in [1.54, 1.807) is 0 Å². The Morgan fingerprint density at radius 1 is 1.18 bits per heavy atom. The maximum Gasteiger partial charge on any atom is 0.135 e. The van der Waals surface area contributed by atoms with E-state index in [1.807, 2.05) is 6.20 Å². The Balaban J connectivity index is 1.46. The van der Waals surface area contributed by atoms with Gasteiger partial charge in [-0.1, -0.05) is 43.2 Å². The molecular weight excluding hydrogens is 274 g/mol. The number of rotatable bonds is 4. The molecule has 2 heterocycles. The van der Waals surface area contributed by atoms with Crippen molar-refractivity contribution in [2.45, 2.75) is 51.0 Å². The molecule has 1 N–H and O–H groups in total. The lowest BCUT2D eigenvalue weighted by Gasteiger charge is -2.27. The fourth-order valence-electron chi connectivity index (χ4n) is 3.57. The Hall–Kier alpha value is -1.65. The van der Waals surface area contributed by atoms with Crippen LogP contribution in [0.4, 0.5) is 0 Å². The molecule has 4 heteroatoms. The van der Waals surface area contributed by atoms with Crippen LogP contribution in [-0.2, 0) is 17.9 Å². The Kier molecular flexibility index (Phi) is 3.95. The predicted octanol–water partition coefficient (Wildman–Crippen LogP) is 2.98. The third kappa shape index (κ3) is 2.81. The fraction of sp³-hybridized carbons (Fsp3) is 0.500. The number of benzene rings is 1. The Labute approximate surface area is 131 Å². The van der Waals surface area contributed by atoms with Crippen LogP contribution in [0.15, 0.2) is 36.5 Å². The third-order valence-corrected chi connectivity index (χ3v) is 4.83. The minimum Gasteiger partial charge on any atom is -0.367 e. The molecule has 1 aromatic heterocycles. The molecule has 2 aromatic rings. The molecule has 0 spiro atoms. The Morgan fingerprint density at radius 3 is 2.82 bits per heavy atom. The molecule has 4 nitrogen and oxygen atoms in total. The number of fused-ring (bicyclic) bond motifs is 1. The molecule has 0 radical (unpaired) electrons. The van der Waals surface area contributed by atoms with Gasteiger partial charge < -0.3 is 14.6 Å². The quantitative estimate of drug-likeness (QED) is 0.943. The summed E-state index contributed by atoms with van der Waals surface area (Å²) in [6.07, 6.45) is 7.59. The first-order chi connectivity index (χ1) is 10.9. The number of aromatic nitrogens is 2. The lowest BCUT2D eigenvalue weighted by molar-refractivity contribution is 0.00206. The van der Waals surface area contributed by atoms with E-state index in [4.69, 9.17) is 4.74 Å². The minimum atomic E-state index is 0.241. The third-order valence-electron chi connectivity index (χ3n) is 4.83. The standard InChI is InChI=1S/C18H23N3O/c1-2-6-14(7-3-1)17-11-20-18-13-22-16(12-21(17)18)10-19-15-8-4-5-9-15/h1-3,6-7,11,15-16,19H,4-5,8-10,12-13H2/t16-/m0/s1. The number of ether oxygens (including phenoxy) is 1. The Bertz CT molecular complexity index is 617. The van der Waals surface area contributed by atoms with E-state index in [1.165, 1.54) is 36.9 Å². The molecule has 4 rings (SSSR count). The van der Waals surface area contributed by atoms with Crippen molar-refractivity contribution in [3.63, 3.8) is 0 Å². The second kappa shape index (κ2) is 6.23. The molecule has 1 saturated carbocycles. The lowest BCUT2D eigenvalue weighted by Crippen LogP contribution is -2.39. The molecule has 0 bridgehead atoms. The molecule has 116 valence electrons. The van der Waals surface area contributed by atoms with Crippen LogP contribution in [0.5, 0.6) is 0 Å². The fourth-order valence-corrected chi connectivity index (χ4v) is 3.57. The molecule has 1 atom stereocenters. The van der Waals surface area contributed by atoms with Gasteiger partial charge in [-0.05, 0) is 18.4 Å². The van der Waals surface area contributed by atoms with E-state index in [0.29, 0.717) is 12.6 Å². The summed E-state index contributed by atoms with van der Waals surface area (Å²) in [6, 6.07) is 11.2. The van der Waals surface area contributed by atoms with Crippen molar-refractivity contribution in [1.82, 2.24) is 14.9 Å². The highest BCUT2D eigenvalue weighted by Crippen LogP contribution is 2.25. The van der Waals surface area contributed by atoms with Gasteiger partial charge in [0.25, 0.3) is 0 Å². The van der Waals surface area contributed by atoms with E-state index < -0.39 is 0 Å². The molecule has 1 aromatic carbocycles. The summed E-state index contributed by atoms with van der Waals surface area (Å²) < 4.78 is 8.29. The van der Waals surface area contributed by atoms with Crippen LogP contribution in [-0.4, -0.2) is 28.2 Å². The molecule has 22 heavy (non-hydrogen) atoms. The van der Waals surface area contributed by atoms with Crippen LogP contribution in [0, 0.1) is 0 Å². The first kappa shape index (κ1) is 14.0. The van der Waals surface area contributed by atoms with E-state index >= 15 is 0 Å². The zero-order chi connectivity index (χ0) is 14.8. The predicted molar refractivity (Wildman–Crippen MR) is 86.5 cm³/mol. The molecule has 1 aliphatic heterocycles. The number of imidazole rings is 1. The summed E-state index contributed by atoms with van der Waals surface area (Å²) in [5, 5.41) is 3.67. The van der Waals surface area contributed by atoms with Crippen LogP contribution < -0.4 is 5.32 Å². The molecule has 2 aliphatic rings. The largest absolute Gasteiger partial charge is 0.367 e. The first-order valence-electron chi connectivity index (χ1n) is 8.35. The van der Waals surface area contributed by atoms with Gasteiger partial charge in [-0.15, -0.1) is 0 Å². The van der Waals surface area contributed by atoms with E-state index in [9.17, 15) is 0 Å². The molecule has 0 unspecified atom stereocenters. The summed E-state index contributed by atoms with van der Waals surface area (Å²) in [4.78, 5) is 4.52. The van der Waals surface area contributed by atoms with Crippen LogP contribution in [0.1, 0.15) is 31.5 Å². The van der Waals surface area contributed by atoms with Gasteiger partial charge in [-0.2, -0.15) is 0 Å². The topological polar surface area (TPSA) is 39.1 Å². The van der Waals surface area contributed by atoms with Gasteiger partial charge in [0.15, 0.2) is 0 Å². The summed E-state index contributed by atoms with van der Waals surface area (Å²) >= 11 is 0. The van der Waals surface area contributed by atoms with Crippen molar-refractivity contribution in [3.05, 3.63) is 42.4 Å². The molecule has 1 aliphatic carbocycles. The number of hydrogen-bond acceptors (Lipinski definition) is 3. The molecule has 1 fully saturated rings. The van der Waals surface area contributed by atoms with Crippen molar-refractivity contribution >= 4 is 0 Å². The summed E-state index contributed by atoms with van der Waals surface area (Å²) in [6.45, 7) is 2.44. The van der Waals surface area contributed by atoms with Crippen molar-refractivity contribution in [1.29, 1.82) is 0 Å². The van der Waals surface area contributed by atoms with E-state index in [-0.39, 0.29) is 6.10 Å². The Morgan fingerprint density at radius 2 is 2.00 bits per heavy atom. The molecule has 0 amide bonds. The SMILES string of the molecule is c1ccc(-c2cnc3n2C[C@H](CNC2CCCC2)OC3)cc1. The average Bonchev–Trinajstić information content (AvgIpc) is 3.23. The van der Waals surface area contributed by atoms with Gasteiger partial charge in [-0.3, -0.25) is 0 Å². The second-order valence-electron chi connectivity index (χ2n) is 6.36. The molecular formula is C18H23N3O. The smallest absolute Gasteiger partial charge is 0.135 e. The van der Waals surface area contributed by atoms with Gasteiger partial charge in [0, 0.05) is 12.6 Å². The zero-order valence-corrected chi connectivity index (χ0v) is 12.9. The van der Waals surface area contributed by atoms with Crippen molar-refractivity contribution in [2.75, 3.05) is 6.54 Å². The van der Waals surface area contributed by atoms with Gasteiger partial charge in [0.2, 0.25) is 0 Å². The second-order valence-corrected chi connectivity index (χ2v) is 6.36. The van der Waals surface area contributed by atoms with Crippen molar-refractivity contribution < 1.29 is 4.74 Å². The van der Waals surface area contributed by atoms with Gasteiger partial charge >= 0.3 is 0 Å². The van der Waals surface area contributed by atoms with Crippen LogP contribution in [0.25, 0.3) is 11.3 Å². The molecule has 0 saturated heterocycles. The van der Waals surface area contributed by atoms with E-state index in [0.717, 1.165) is 18.9 Å². The number of nitrogens with one attached hydrogen (secondary N) is 1. The van der Waals surface area contributed by atoms with Gasteiger partial charge in [-0.25, -0.2) is 4.98 Å². The average molecular weight is 297 g/mol. The van der Waals surface area contributed by atoms with Crippen molar-refractivity contribution in [2.24, 2.45) is 0 Å². The summed E-state index contributed by atoms with van der Waals surface area (Å²) in [7, 11) is 0. The van der Waals surface area contributed by atoms with Crippen LogP contribution in [0.2, 0.25) is 0 Å². The zero-order valence-electron chi connectivity index (χ0n) is 12.9. The highest BCUT2D eigenvalue weighted by molar-refractivity contribution is 5.59. The van der Waals surface area contributed by atoms with Crippen LogP contribution >= 0.6 is 0 Å². The highest BCUT2D eigenvalue weighted by Gasteiger charge is 2.24.